The Bertz CT molecular complexity index is 2970. The fourth-order valence-electron chi connectivity index (χ4n) is 7.97. The van der Waals surface area contributed by atoms with Crippen LogP contribution in [0.4, 0.5) is 17.1 Å². The van der Waals surface area contributed by atoms with Crippen LogP contribution in [0.2, 0.25) is 0 Å². The van der Waals surface area contributed by atoms with E-state index in [0.29, 0.717) is 23.4 Å². The van der Waals surface area contributed by atoms with E-state index in [2.05, 4.69) is 169 Å². The molecule has 0 aliphatic carbocycles. The van der Waals surface area contributed by atoms with E-state index in [-0.39, 0.29) is 0 Å². The predicted molar refractivity (Wildman–Crippen MR) is 245 cm³/mol. The summed E-state index contributed by atoms with van der Waals surface area (Å²) in [6.45, 7) is 4.47. The fourth-order valence-corrected chi connectivity index (χ4v) is 7.97. The van der Waals surface area contributed by atoms with E-state index in [1.54, 1.807) is 0 Å². The van der Waals surface area contributed by atoms with Crippen LogP contribution in [0.25, 0.3) is 72.8 Å². The number of benzene rings is 8. The number of aromatic nitrogens is 4. The minimum Gasteiger partial charge on any atom is -0.310 e. The molecule has 5 nitrogen and oxygen atoms in total. The van der Waals surface area contributed by atoms with Gasteiger partial charge >= 0.3 is 0 Å². The molecule has 2 aromatic heterocycles. The summed E-state index contributed by atoms with van der Waals surface area (Å²) in [4.78, 5) is 17.2. The molecule has 0 saturated carbocycles. The highest BCUT2D eigenvalue weighted by Gasteiger charge is 2.19. The number of fused-ring (bicyclic) bond motifs is 3. The number of para-hydroxylation sites is 1. The summed E-state index contributed by atoms with van der Waals surface area (Å²) in [5.41, 5.74) is 13.1. The van der Waals surface area contributed by atoms with E-state index in [4.69, 9.17) is 15.0 Å². The number of nitrogens with zero attached hydrogens (tertiary/aromatic N) is 5. The molecule has 0 N–H and O–H groups in total. The molecule has 0 aliphatic heterocycles. The van der Waals surface area contributed by atoms with Gasteiger partial charge in [0.2, 0.25) is 0 Å². The van der Waals surface area contributed by atoms with E-state index in [9.17, 15) is 0 Å². The number of rotatable bonds is 9. The van der Waals surface area contributed by atoms with Crippen molar-refractivity contribution in [2.75, 3.05) is 4.90 Å². The Labute approximate surface area is 344 Å². The standard InChI is InChI=1S/C54H41N5/c1-37(2)38-23-28-45(29-24-38)58(44-21-13-6-14-22-44)47-32-34-51-49(36-47)48-35-43(39-15-7-3-8-16-39)27-33-50(48)59(51)46-30-25-42(26-31-46)54-56-52(40-17-9-4-10-18-40)55-53(57-54)41-19-11-5-12-20-41/h3-37H,1-2H3. The molecule has 59 heavy (non-hydrogen) atoms. The van der Waals surface area contributed by atoms with Crippen LogP contribution < -0.4 is 4.90 Å². The first-order valence-corrected chi connectivity index (χ1v) is 20.1. The summed E-state index contributed by atoms with van der Waals surface area (Å²) in [6.07, 6.45) is 0. The highest BCUT2D eigenvalue weighted by Crippen LogP contribution is 2.41. The first-order valence-electron chi connectivity index (χ1n) is 20.1. The first-order chi connectivity index (χ1) is 29.1. The van der Waals surface area contributed by atoms with Crippen LogP contribution in [-0.4, -0.2) is 19.5 Å². The van der Waals surface area contributed by atoms with Crippen LogP contribution in [0.1, 0.15) is 25.3 Å². The molecule has 0 unspecified atom stereocenters. The number of anilines is 3. The van der Waals surface area contributed by atoms with Crippen LogP contribution >= 0.6 is 0 Å². The largest absolute Gasteiger partial charge is 0.310 e. The average molecular weight is 760 g/mol. The van der Waals surface area contributed by atoms with Gasteiger partial charge in [0.1, 0.15) is 0 Å². The summed E-state index contributed by atoms with van der Waals surface area (Å²) in [5.74, 6) is 2.38. The second kappa shape index (κ2) is 15.4. The van der Waals surface area contributed by atoms with Gasteiger partial charge in [0.25, 0.3) is 0 Å². The second-order valence-electron chi connectivity index (χ2n) is 15.1. The van der Waals surface area contributed by atoms with Crippen molar-refractivity contribution in [1.29, 1.82) is 0 Å². The summed E-state index contributed by atoms with van der Waals surface area (Å²) in [5, 5.41) is 2.37. The lowest BCUT2D eigenvalue weighted by Gasteiger charge is -2.26. The van der Waals surface area contributed by atoms with Crippen LogP contribution in [0.3, 0.4) is 0 Å². The van der Waals surface area contributed by atoms with Crippen molar-refractivity contribution in [3.8, 4) is 51.0 Å². The third kappa shape index (κ3) is 6.93. The van der Waals surface area contributed by atoms with E-state index < -0.39 is 0 Å². The zero-order valence-electron chi connectivity index (χ0n) is 32.9. The molecule has 0 bridgehead atoms. The molecule has 10 aromatic rings. The summed E-state index contributed by atoms with van der Waals surface area (Å²) < 4.78 is 2.37. The Morgan fingerprint density at radius 3 is 1.34 bits per heavy atom. The average Bonchev–Trinajstić information content (AvgIpc) is 3.63. The van der Waals surface area contributed by atoms with Gasteiger partial charge in [-0.3, -0.25) is 0 Å². The van der Waals surface area contributed by atoms with Crippen molar-refractivity contribution in [3.05, 3.63) is 212 Å². The highest BCUT2D eigenvalue weighted by atomic mass is 15.1. The molecule has 0 radical (unpaired) electrons. The Hall–Kier alpha value is -7.63. The summed E-state index contributed by atoms with van der Waals surface area (Å²) in [7, 11) is 0. The van der Waals surface area contributed by atoms with Gasteiger partial charge in [-0.2, -0.15) is 0 Å². The van der Waals surface area contributed by atoms with Crippen LogP contribution in [0.15, 0.2) is 206 Å². The van der Waals surface area contributed by atoms with Gasteiger partial charge < -0.3 is 9.47 Å². The molecule has 5 heteroatoms. The molecule has 8 aromatic carbocycles. The second-order valence-corrected chi connectivity index (χ2v) is 15.1. The number of hydrogen-bond acceptors (Lipinski definition) is 4. The van der Waals surface area contributed by atoms with E-state index in [1.165, 1.54) is 27.5 Å². The normalized spacial score (nSPS) is 11.4. The lowest BCUT2D eigenvalue weighted by Crippen LogP contribution is -2.10. The zero-order valence-corrected chi connectivity index (χ0v) is 32.9. The molecule has 0 fully saturated rings. The third-order valence-electron chi connectivity index (χ3n) is 11.0. The Kier molecular flexibility index (Phi) is 9.32. The first kappa shape index (κ1) is 35.8. The topological polar surface area (TPSA) is 46.8 Å². The van der Waals surface area contributed by atoms with E-state index >= 15 is 0 Å². The zero-order chi connectivity index (χ0) is 39.7. The predicted octanol–water partition coefficient (Wildman–Crippen LogP) is 14.2. The third-order valence-corrected chi connectivity index (χ3v) is 11.0. The minimum atomic E-state index is 0.459. The van der Waals surface area contributed by atoms with Crippen LogP contribution in [-0.2, 0) is 0 Å². The van der Waals surface area contributed by atoms with Gasteiger partial charge in [-0.25, -0.2) is 15.0 Å². The van der Waals surface area contributed by atoms with Gasteiger partial charge in [-0.05, 0) is 101 Å². The molecule has 0 atom stereocenters. The van der Waals surface area contributed by atoms with Crippen LogP contribution in [0.5, 0.6) is 0 Å². The maximum atomic E-state index is 4.99. The lowest BCUT2D eigenvalue weighted by atomic mass is 10.0. The molecule has 282 valence electrons. The Balaban J connectivity index is 1.12. The van der Waals surface area contributed by atoms with Gasteiger partial charge in [-0.15, -0.1) is 0 Å². The summed E-state index contributed by atoms with van der Waals surface area (Å²) in [6, 6.07) is 72.7. The molecule has 10 rings (SSSR count). The van der Waals surface area contributed by atoms with Gasteiger partial charge in [0.15, 0.2) is 17.5 Å². The molecule has 2 heterocycles. The smallest absolute Gasteiger partial charge is 0.164 e. The highest BCUT2D eigenvalue weighted by molar-refractivity contribution is 6.12. The Morgan fingerprint density at radius 1 is 0.373 bits per heavy atom. The quantitative estimate of drug-likeness (QED) is 0.147. The van der Waals surface area contributed by atoms with E-state index in [0.717, 1.165) is 50.5 Å². The molecular formula is C54H41N5. The van der Waals surface area contributed by atoms with Gasteiger partial charge in [0.05, 0.1) is 11.0 Å². The lowest BCUT2D eigenvalue weighted by molar-refractivity contribution is 0.866. The molecular weight excluding hydrogens is 719 g/mol. The fraction of sp³-hybridized carbons (Fsp3) is 0.0556. The van der Waals surface area contributed by atoms with Gasteiger partial charge in [-0.1, -0.05) is 141 Å². The monoisotopic (exact) mass is 759 g/mol. The molecule has 0 aliphatic rings. The molecule has 0 spiro atoms. The number of hydrogen-bond donors (Lipinski definition) is 0. The molecule has 0 amide bonds. The Morgan fingerprint density at radius 2 is 0.797 bits per heavy atom. The van der Waals surface area contributed by atoms with Crippen molar-refractivity contribution < 1.29 is 0 Å². The minimum absolute atomic E-state index is 0.459. The van der Waals surface area contributed by atoms with Crippen molar-refractivity contribution in [1.82, 2.24) is 19.5 Å². The molecule has 0 saturated heterocycles. The van der Waals surface area contributed by atoms with Crippen molar-refractivity contribution in [3.63, 3.8) is 0 Å². The summed E-state index contributed by atoms with van der Waals surface area (Å²) >= 11 is 0. The van der Waals surface area contributed by atoms with Crippen LogP contribution in [0, 0.1) is 0 Å². The maximum Gasteiger partial charge on any atom is 0.164 e. The maximum absolute atomic E-state index is 4.99. The van der Waals surface area contributed by atoms with Gasteiger partial charge in [0, 0.05) is 50.2 Å². The van der Waals surface area contributed by atoms with Crippen molar-refractivity contribution >= 4 is 38.9 Å². The van der Waals surface area contributed by atoms with Crippen molar-refractivity contribution in [2.45, 2.75) is 19.8 Å². The SMILES string of the molecule is CC(C)c1ccc(N(c2ccccc2)c2ccc3c(c2)c2cc(-c4ccccc4)ccc2n3-c2ccc(-c3nc(-c4ccccc4)nc(-c4ccccc4)n3)cc2)cc1. The van der Waals surface area contributed by atoms with Crippen molar-refractivity contribution in [2.24, 2.45) is 0 Å². The van der Waals surface area contributed by atoms with E-state index in [1.807, 2.05) is 60.7 Å².